The summed E-state index contributed by atoms with van der Waals surface area (Å²) in [5.41, 5.74) is 9.27. The first-order chi connectivity index (χ1) is 24.2. The lowest BCUT2D eigenvalue weighted by Crippen LogP contribution is -2.29. The van der Waals surface area contributed by atoms with Crippen molar-refractivity contribution in [2.45, 2.75) is 106 Å². The number of nitrogens with zero attached hydrogens (tertiary/aromatic N) is 4. The van der Waals surface area contributed by atoms with E-state index in [0.717, 1.165) is 34.5 Å². The van der Waals surface area contributed by atoms with Gasteiger partial charge in [0.15, 0.2) is 5.71 Å². The molecule has 2 rings (SSSR count). The van der Waals surface area contributed by atoms with Gasteiger partial charge >= 0.3 is 5.97 Å². The second-order valence-electron chi connectivity index (χ2n) is 12.0. The number of aliphatic hydroxyl groups excluding tert-OH is 1. The number of aliphatic hydroxyl groups is 1. The number of primary amides is 1. The summed E-state index contributed by atoms with van der Waals surface area (Å²) in [6.45, 7) is 15.3. The van der Waals surface area contributed by atoms with Gasteiger partial charge in [-0.1, -0.05) is 100 Å². The molecule has 0 aliphatic rings. The third kappa shape index (κ3) is 29.1. The Bertz CT molecular complexity index is 1350. The van der Waals surface area contributed by atoms with Gasteiger partial charge in [-0.3, -0.25) is 14.6 Å². The number of hydrazone groups is 1. The van der Waals surface area contributed by atoms with Crippen molar-refractivity contribution < 1.29 is 29.3 Å². The van der Waals surface area contributed by atoms with Gasteiger partial charge in [-0.25, -0.2) is 9.48 Å². The van der Waals surface area contributed by atoms with Gasteiger partial charge < -0.3 is 26.0 Å². The number of carboxylic acids is 1. The van der Waals surface area contributed by atoms with Crippen molar-refractivity contribution in [1.29, 1.82) is 0 Å². The van der Waals surface area contributed by atoms with Gasteiger partial charge in [0.1, 0.15) is 19.6 Å². The molecule has 286 valence electrons. The fraction of sp³-hybridized carbons (Fsp3) is 0.513. The van der Waals surface area contributed by atoms with Crippen LogP contribution in [0.4, 0.5) is 0 Å². The summed E-state index contributed by atoms with van der Waals surface area (Å²) in [6.07, 6.45) is 16.0. The maximum atomic E-state index is 10.7. The van der Waals surface area contributed by atoms with Crippen LogP contribution in [0.5, 0.6) is 0 Å². The number of ether oxygens (including phenoxy) is 1. The topological polar surface area (TPSA) is 172 Å². The third-order valence-corrected chi connectivity index (χ3v) is 6.79. The maximum absolute atomic E-state index is 10.7. The van der Waals surface area contributed by atoms with Crippen LogP contribution in [0.3, 0.4) is 0 Å². The maximum Gasteiger partial charge on any atom is 0.356 e. The molecule has 0 aliphatic carbocycles. The average molecular weight is 713 g/mol. The quantitative estimate of drug-likeness (QED) is 0.0334. The van der Waals surface area contributed by atoms with Crippen molar-refractivity contribution in [1.82, 2.24) is 20.1 Å². The SMILES string of the molecule is C/C(C=O)=C\C(=N/N(C)CC(N)=O)C(=O)O.CCCCCCC.CNC(C)/C=C(/C)C/C=C\COCn1nc(C)cc1C.OCc1ccccc1. The summed E-state index contributed by atoms with van der Waals surface area (Å²) in [6, 6.07) is 12.0. The molecule has 1 atom stereocenters. The van der Waals surface area contributed by atoms with Gasteiger partial charge in [0, 0.05) is 18.8 Å². The Kier molecular flexibility index (Phi) is 30.2. The van der Waals surface area contributed by atoms with Crippen molar-refractivity contribution in [3.8, 4) is 0 Å². The van der Waals surface area contributed by atoms with Crippen molar-refractivity contribution in [2.24, 2.45) is 10.8 Å². The summed E-state index contributed by atoms with van der Waals surface area (Å²) >= 11 is 0. The molecule has 0 fully saturated rings. The third-order valence-electron chi connectivity index (χ3n) is 6.79. The zero-order chi connectivity index (χ0) is 39.0. The van der Waals surface area contributed by atoms with Crippen LogP contribution in [0.15, 0.2) is 76.9 Å². The highest BCUT2D eigenvalue weighted by Crippen LogP contribution is 2.04. The number of amides is 1. The van der Waals surface area contributed by atoms with Crippen molar-refractivity contribution >= 4 is 23.9 Å². The largest absolute Gasteiger partial charge is 0.476 e. The number of nitrogens with one attached hydrogen (secondary N) is 1. The fourth-order valence-electron chi connectivity index (χ4n) is 4.02. The van der Waals surface area contributed by atoms with E-state index in [0.29, 0.717) is 25.7 Å². The lowest BCUT2D eigenvalue weighted by molar-refractivity contribution is -0.129. The van der Waals surface area contributed by atoms with E-state index < -0.39 is 11.9 Å². The number of rotatable bonds is 19. The average Bonchev–Trinajstić information content (AvgIpc) is 3.42. The van der Waals surface area contributed by atoms with Crippen LogP contribution in [0.1, 0.15) is 90.1 Å². The highest BCUT2D eigenvalue weighted by molar-refractivity contribution is 6.40. The number of aryl methyl sites for hydroxylation is 2. The van der Waals surface area contributed by atoms with Gasteiger partial charge in [-0.15, -0.1) is 0 Å². The number of nitrogens with two attached hydrogens (primary N) is 1. The second kappa shape index (κ2) is 31.6. The van der Waals surface area contributed by atoms with Crippen LogP contribution < -0.4 is 11.1 Å². The number of allylic oxidation sites excluding steroid dienone is 3. The van der Waals surface area contributed by atoms with Crippen LogP contribution >= 0.6 is 0 Å². The summed E-state index contributed by atoms with van der Waals surface area (Å²) in [5, 5.41) is 29.6. The lowest BCUT2D eigenvalue weighted by Gasteiger charge is -2.10. The van der Waals surface area contributed by atoms with Crippen LogP contribution in [0.25, 0.3) is 0 Å². The summed E-state index contributed by atoms with van der Waals surface area (Å²) in [4.78, 5) is 31.6. The predicted octanol–water partition coefficient (Wildman–Crippen LogP) is 6.12. The number of benzene rings is 1. The number of carboxylic acid groups (broad SMARTS) is 1. The van der Waals surface area contributed by atoms with Crippen LogP contribution in [0, 0.1) is 13.8 Å². The van der Waals surface area contributed by atoms with Gasteiger partial charge in [0.05, 0.1) is 18.9 Å². The number of aliphatic carboxylic acids is 1. The minimum absolute atomic E-state index is 0.140. The van der Waals surface area contributed by atoms with Crippen LogP contribution in [0.2, 0.25) is 0 Å². The molecule has 0 saturated heterocycles. The summed E-state index contributed by atoms with van der Waals surface area (Å²) in [5.74, 6) is -1.93. The van der Waals surface area contributed by atoms with E-state index in [1.54, 1.807) is 0 Å². The molecule has 5 N–H and O–H groups in total. The molecule has 1 heterocycles. The number of unbranched alkanes of at least 4 members (excludes halogenated alkanes) is 4. The number of aldehydes is 1. The van der Waals surface area contributed by atoms with Crippen LogP contribution in [-0.4, -0.2) is 82.2 Å². The Balaban J connectivity index is 0. The monoisotopic (exact) mass is 712 g/mol. The molecule has 0 bridgehead atoms. The molecular formula is C39H64N6O6. The molecule has 12 nitrogen and oxygen atoms in total. The molecule has 1 unspecified atom stereocenters. The second-order valence-corrected chi connectivity index (χ2v) is 12.0. The van der Waals surface area contributed by atoms with E-state index in [-0.39, 0.29) is 24.4 Å². The number of hydrogen-bond donors (Lipinski definition) is 4. The first-order valence-electron chi connectivity index (χ1n) is 17.4. The van der Waals surface area contributed by atoms with Gasteiger partial charge in [-0.2, -0.15) is 10.2 Å². The number of carbonyl (C=O) groups is 3. The molecule has 51 heavy (non-hydrogen) atoms. The van der Waals surface area contributed by atoms with Gasteiger partial charge in [0.25, 0.3) is 0 Å². The van der Waals surface area contributed by atoms with E-state index in [4.69, 9.17) is 20.7 Å². The van der Waals surface area contributed by atoms with E-state index in [1.807, 2.05) is 55.9 Å². The highest BCUT2D eigenvalue weighted by atomic mass is 16.5. The van der Waals surface area contributed by atoms with Gasteiger partial charge in [0.2, 0.25) is 5.91 Å². The Morgan fingerprint density at radius 1 is 1.10 bits per heavy atom. The fourth-order valence-corrected chi connectivity index (χ4v) is 4.02. The lowest BCUT2D eigenvalue weighted by atomic mass is 10.1. The first-order valence-corrected chi connectivity index (χ1v) is 17.4. The van der Waals surface area contributed by atoms with Crippen molar-refractivity contribution in [3.05, 3.63) is 88.8 Å². The molecular weight excluding hydrogens is 648 g/mol. The Morgan fingerprint density at radius 3 is 2.18 bits per heavy atom. The molecule has 1 amide bonds. The molecule has 0 saturated carbocycles. The molecule has 2 aromatic rings. The molecule has 0 aliphatic heterocycles. The molecule has 12 heteroatoms. The van der Waals surface area contributed by atoms with E-state index in [2.05, 4.69) is 67.5 Å². The first kappa shape index (κ1) is 48.7. The molecule has 1 aromatic carbocycles. The number of carbonyl (C=O) groups excluding carboxylic acids is 2. The molecule has 1 aromatic heterocycles. The molecule has 0 radical (unpaired) electrons. The van der Waals surface area contributed by atoms with Crippen molar-refractivity contribution in [3.63, 3.8) is 0 Å². The highest BCUT2D eigenvalue weighted by Gasteiger charge is 2.09. The minimum atomic E-state index is -1.29. The van der Waals surface area contributed by atoms with E-state index >= 15 is 0 Å². The number of aromatic nitrogens is 2. The standard InChI is InChI=1S/C16H27N3O.C9H13N3O4.C7H8O.C7H16/c1-13(10-14(2)17-5)8-6-7-9-20-12-19-16(4)11-15(3)18-19;1-6(5-13)3-7(9(15)16)11-12(2)4-8(10)14;8-6-7-4-2-1-3-5-7;1-3-5-7-6-4-2/h6-7,10-11,14,17H,8-9,12H2,1-5H3;3,5H,4H2,1-2H3,(H2,10,14)(H,15,16);1-5,8H,6H2;3-7H2,1-2H3/b7-6-,13-10-;6-3+,11-7+;;. The smallest absolute Gasteiger partial charge is 0.356 e. The van der Waals surface area contributed by atoms with Crippen LogP contribution in [-0.2, 0) is 32.5 Å². The summed E-state index contributed by atoms with van der Waals surface area (Å²) in [7, 11) is 3.37. The predicted molar refractivity (Wildman–Crippen MR) is 207 cm³/mol. The van der Waals surface area contributed by atoms with Crippen molar-refractivity contribution in [2.75, 3.05) is 27.2 Å². The zero-order valence-electron chi connectivity index (χ0n) is 32.4. The van der Waals surface area contributed by atoms with Gasteiger partial charge in [-0.05, 0) is 71.4 Å². The Morgan fingerprint density at radius 2 is 1.73 bits per heavy atom. The zero-order valence-corrected chi connectivity index (χ0v) is 32.4. The van der Waals surface area contributed by atoms with E-state index in [9.17, 15) is 14.4 Å². The minimum Gasteiger partial charge on any atom is -0.476 e. The van der Waals surface area contributed by atoms with E-state index in [1.165, 1.54) is 51.6 Å². The number of hydrogen-bond acceptors (Lipinski definition) is 9. The normalized spacial score (nSPS) is 12.1. The Hall–Kier alpha value is -4.39. The Labute approximate surface area is 306 Å². The number of likely N-dealkylation sites (N-methyl/N-ethyl adjacent to an activating group) is 2. The molecule has 0 spiro atoms. The summed E-state index contributed by atoms with van der Waals surface area (Å²) < 4.78 is 7.46.